The van der Waals surface area contributed by atoms with E-state index in [-0.39, 0.29) is 18.3 Å². The van der Waals surface area contributed by atoms with Crippen molar-refractivity contribution in [2.45, 2.75) is 40.7 Å². The fourth-order valence-corrected chi connectivity index (χ4v) is 3.02. The Morgan fingerprint density at radius 2 is 1.80 bits per heavy atom. The van der Waals surface area contributed by atoms with Crippen LogP contribution in [0.2, 0.25) is 0 Å². The average molecular weight is 339 g/mol. The van der Waals surface area contributed by atoms with E-state index >= 15 is 0 Å². The number of rotatable bonds is 4. The number of carbonyl (C=O) groups excluding carboxylic acids is 1. The SMILES string of the molecule is CCc1c(C(=O)NCc2cc(F)ccc2C)oc2cc(C)c(C)cc12. The minimum absolute atomic E-state index is 0.265. The molecule has 0 bridgehead atoms. The van der Waals surface area contributed by atoms with Crippen LogP contribution in [-0.4, -0.2) is 5.91 Å². The number of amides is 1. The molecule has 1 aromatic heterocycles. The van der Waals surface area contributed by atoms with Gasteiger partial charge in [-0.3, -0.25) is 4.79 Å². The molecule has 0 aliphatic carbocycles. The van der Waals surface area contributed by atoms with Crippen LogP contribution < -0.4 is 5.32 Å². The molecule has 0 aliphatic heterocycles. The second-order valence-corrected chi connectivity index (χ2v) is 6.45. The Hall–Kier alpha value is -2.62. The summed E-state index contributed by atoms with van der Waals surface area (Å²) in [7, 11) is 0. The fourth-order valence-electron chi connectivity index (χ4n) is 3.02. The summed E-state index contributed by atoms with van der Waals surface area (Å²) in [5, 5.41) is 3.83. The third kappa shape index (κ3) is 3.29. The summed E-state index contributed by atoms with van der Waals surface area (Å²) < 4.78 is 19.2. The van der Waals surface area contributed by atoms with Crippen LogP contribution in [-0.2, 0) is 13.0 Å². The van der Waals surface area contributed by atoms with Crippen molar-refractivity contribution in [2.24, 2.45) is 0 Å². The number of benzene rings is 2. The lowest BCUT2D eigenvalue weighted by atomic mass is 10.0. The largest absolute Gasteiger partial charge is 0.451 e. The maximum atomic E-state index is 13.4. The second-order valence-electron chi connectivity index (χ2n) is 6.45. The third-order valence-corrected chi connectivity index (χ3v) is 4.72. The predicted molar refractivity (Wildman–Crippen MR) is 97.4 cm³/mol. The number of aryl methyl sites for hydroxylation is 4. The topological polar surface area (TPSA) is 42.2 Å². The van der Waals surface area contributed by atoms with Crippen LogP contribution in [0.15, 0.2) is 34.7 Å². The number of furan rings is 1. The van der Waals surface area contributed by atoms with Crippen LogP contribution in [0, 0.1) is 26.6 Å². The molecule has 2 aromatic carbocycles. The highest BCUT2D eigenvalue weighted by Gasteiger charge is 2.20. The van der Waals surface area contributed by atoms with E-state index in [9.17, 15) is 9.18 Å². The Morgan fingerprint density at radius 1 is 1.08 bits per heavy atom. The van der Waals surface area contributed by atoms with Gasteiger partial charge in [0, 0.05) is 17.5 Å². The van der Waals surface area contributed by atoms with Gasteiger partial charge in [-0.2, -0.15) is 0 Å². The van der Waals surface area contributed by atoms with E-state index in [0.717, 1.165) is 33.2 Å². The zero-order valence-corrected chi connectivity index (χ0v) is 15.0. The summed E-state index contributed by atoms with van der Waals surface area (Å²) in [6, 6.07) is 8.61. The number of hydrogen-bond acceptors (Lipinski definition) is 2. The molecule has 1 amide bonds. The van der Waals surface area contributed by atoms with E-state index in [2.05, 4.69) is 11.4 Å². The number of nitrogens with one attached hydrogen (secondary N) is 1. The van der Waals surface area contributed by atoms with Crippen molar-refractivity contribution in [3.8, 4) is 0 Å². The van der Waals surface area contributed by atoms with Gasteiger partial charge in [0.05, 0.1) is 0 Å². The quantitative estimate of drug-likeness (QED) is 0.727. The molecule has 3 nitrogen and oxygen atoms in total. The summed E-state index contributed by atoms with van der Waals surface area (Å²) in [5.41, 5.74) is 5.64. The Bertz CT molecular complexity index is 956. The molecule has 0 atom stereocenters. The lowest BCUT2D eigenvalue weighted by Crippen LogP contribution is -2.23. The first-order valence-corrected chi connectivity index (χ1v) is 8.46. The molecule has 4 heteroatoms. The lowest BCUT2D eigenvalue weighted by Gasteiger charge is -2.08. The Kier molecular flexibility index (Phi) is 4.62. The van der Waals surface area contributed by atoms with Gasteiger partial charge >= 0.3 is 0 Å². The summed E-state index contributed by atoms with van der Waals surface area (Å²) in [6.45, 7) is 8.24. The normalized spacial score (nSPS) is 11.1. The molecule has 0 spiro atoms. The van der Waals surface area contributed by atoms with Crippen LogP contribution in [0.1, 0.15) is 45.3 Å². The summed E-state index contributed by atoms with van der Waals surface area (Å²) in [4.78, 5) is 12.6. The molecule has 25 heavy (non-hydrogen) atoms. The van der Waals surface area contributed by atoms with Crippen molar-refractivity contribution < 1.29 is 13.6 Å². The minimum atomic E-state index is -0.307. The highest BCUT2D eigenvalue weighted by molar-refractivity contribution is 5.99. The standard InChI is InChI=1S/C21H22FNO2/c1-5-17-18-8-13(3)14(4)9-19(18)25-20(17)21(24)23-11-15-10-16(22)7-6-12(15)2/h6-10H,5,11H2,1-4H3,(H,23,24). The molecule has 0 radical (unpaired) electrons. The molecule has 0 fully saturated rings. The van der Waals surface area contributed by atoms with Gasteiger partial charge in [-0.15, -0.1) is 0 Å². The Morgan fingerprint density at radius 3 is 2.52 bits per heavy atom. The van der Waals surface area contributed by atoms with Gasteiger partial charge in [-0.1, -0.05) is 13.0 Å². The zero-order valence-electron chi connectivity index (χ0n) is 15.0. The predicted octanol–water partition coefficient (Wildman–Crippen LogP) is 4.99. The van der Waals surface area contributed by atoms with Crippen LogP contribution in [0.4, 0.5) is 4.39 Å². The van der Waals surface area contributed by atoms with Gasteiger partial charge in [0.1, 0.15) is 11.4 Å². The van der Waals surface area contributed by atoms with Crippen LogP contribution >= 0.6 is 0 Å². The summed E-state index contributed by atoms with van der Waals surface area (Å²) in [5.74, 6) is -0.234. The van der Waals surface area contributed by atoms with Crippen molar-refractivity contribution in [1.82, 2.24) is 5.32 Å². The molecule has 3 aromatic rings. The van der Waals surface area contributed by atoms with Crippen molar-refractivity contribution >= 4 is 16.9 Å². The first kappa shape index (κ1) is 17.2. The number of hydrogen-bond donors (Lipinski definition) is 1. The monoisotopic (exact) mass is 339 g/mol. The maximum absolute atomic E-state index is 13.4. The van der Waals surface area contributed by atoms with E-state index < -0.39 is 0 Å². The highest BCUT2D eigenvalue weighted by atomic mass is 19.1. The maximum Gasteiger partial charge on any atom is 0.287 e. The molecule has 1 heterocycles. The van der Waals surface area contributed by atoms with E-state index in [1.165, 1.54) is 17.7 Å². The van der Waals surface area contributed by atoms with Crippen LogP contribution in [0.25, 0.3) is 11.0 Å². The molecule has 0 saturated carbocycles. The number of carbonyl (C=O) groups is 1. The van der Waals surface area contributed by atoms with Crippen molar-refractivity contribution in [3.05, 3.63) is 69.7 Å². The molecule has 0 saturated heterocycles. The molecular formula is C21H22FNO2. The van der Waals surface area contributed by atoms with Gasteiger partial charge in [-0.05, 0) is 73.7 Å². The van der Waals surface area contributed by atoms with Gasteiger partial charge < -0.3 is 9.73 Å². The van der Waals surface area contributed by atoms with Crippen LogP contribution in [0.5, 0.6) is 0 Å². The van der Waals surface area contributed by atoms with Crippen molar-refractivity contribution in [2.75, 3.05) is 0 Å². The van der Waals surface area contributed by atoms with Gasteiger partial charge in [0.2, 0.25) is 0 Å². The van der Waals surface area contributed by atoms with E-state index in [4.69, 9.17) is 4.42 Å². The first-order valence-electron chi connectivity index (χ1n) is 8.46. The molecular weight excluding hydrogens is 317 g/mol. The van der Waals surface area contributed by atoms with Gasteiger partial charge in [0.25, 0.3) is 5.91 Å². The Balaban J connectivity index is 1.90. The van der Waals surface area contributed by atoms with Gasteiger partial charge in [0.15, 0.2) is 5.76 Å². The van der Waals surface area contributed by atoms with E-state index in [1.54, 1.807) is 6.07 Å². The fraction of sp³-hybridized carbons (Fsp3) is 0.286. The smallest absolute Gasteiger partial charge is 0.287 e. The Labute approximate surface area is 146 Å². The zero-order chi connectivity index (χ0) is 18.1. The van der Waals surface area contributed by atoms with E-state index in [1.807, 2.05) is 33.8 Å². The summed E-state index contributed by atoms with van der Waals surface area (Å²) in [6.07, 6.45) is 0.706. The van der Waals surface area contributed by atoms with Crippen LogP contribution in [0.3, 0.4) is 0 Å². The molecule has 3 rings (SSSR count). The number of halogens is 1. The minimum Gasteiger partial charge on any atom is -0.451 e. The first-order chi connectivity index (χ1) is 11.9. The molecule has 1 N–H and O–H groups in total. The second kappa shape index (κ2) is 6.71. The van der Waals surface area contributed by atoms with Crippen molar-refractivity contribution in [3.63, 3.8) is 0 Å². The molecule has 0 aliphatic rings. The average Bonchev–Trinajstić information content (AvgIpc) is 2.93. The molecule has 130 valence electrons. The molecule has 0 unspecified atom stereocenters. The van der Waals surface area contributed by atoms with E-state index in [0.29, 0.717) is 12.2 Å². The lowest BCUT2D eigenvalue weighted by molar-refractivity contribution is 0.0924. The number of fused-ring (bicyclic) bond motifs is 1. The highest BCUT2D eigenvalue weighted by Crippen LogP contribution is 2.29. The summed E-state index contributed by atoms with van der Waals surface area (Å²) >= 11 is 0. The van der Waals surface area contributed by atoms with Gasteiger partial charge in [-0.25, -0.2) is 4.39 Å². The third-order valence-electron chi connectivity index (χ3n) is 4.72. The van der Waals surface area contributed by atoms with Crippen molar-refractivity contribution in [1.29, 1.82) is 0 Å².